The fourth-order valence-electron chi connectivity index (χ4n) is 1.75. The van der Waals surface area contributed by atoms with Crippen molar-refractivity contribution in [1.29, 1.82) is 0 Å². The molecule has 2 heterocycles. The Bertz CT molecular complexity index is 298. The summed E-state index contributed by atoms with van der Waals surface area (Å²) in [5.74, 6) is 1.81. The smallest absolute Gasteiger partial charge is 0.130 e. The summed E-state index contributed by atoms with van der Waals surface area (Å²) in [5, 5.41) is 0. The molecule has 0 saturated carbocycles. The van der Waals surface area contributed by atoms with Crippen molar-refractivity contribution in [2.24, 2.45) is 10.9 Å². The highest BCUT2D eigenvalue weighted by molar-refractivity contribution is 6.00. The van der Waals surface area contributed by atoms with Gasteiger partial charge in [0.2, 0.25) is 0 Å². The van der Waals surface area contributed by atoms with Crippen LogP contribution in [0.5, 0.6) is 0 Å². The summed E-state index contributed by atoms with van der Waals surface area (Å²) in [4.78, 5) is 6.96. The highest BCUT2D eigenvalue weighted by Crippen LogP contribution is 2.22. The van der Waals surface area contributed by atoms with Gasteiger partial charge in [0, 0.05) is 12.7 Å². The second-order valence-electron chi connectivity index (χ2n) is 4.11. The SMILES string of the molecule is CC.CC1=CC=CN2CC(C(C)C)N=C12. The predicted molar refractivity (Wildman–Crippen MR) is 67.0 cm³/mol. The van der Waals surface area contributed by atoms with Gasteiger partial charge < -0.3 is 4.90 Å². The highest BCUT2D eigenvalue weighted by atomic mass is 15.2. The Labute approximate surface area is 93.4 Å². The molecular weight excluding hydrogens is 184 g/mol. The van der Waals surface area contributed by atoms with Gasteiger partial charge in [0.15, 0.2) is 0 Å². The lowest BCUT2D eigenvalue weighted by Gasteiger charge is -2.19. The third kappa shape index (κ3) is 2.49. The minimum absolute atomic E-state index is 0.473. The zero-order valence-corrected chi connectivity index (χ0v) is 10.5. The van der Waals surface area contributed by atoms with Crippen LogP contribution in [0.15, 0.2) is 28.9 Å². The molecule has 15 heavy (non-hydrogen) atoms. The first kappa shape index (κ1) is 12.0. The summed E-state index contributed by atoms with van der Waals surface area (Å²) < 4.78 is 0. The normalized spacial score (nSPS) is 23.1. The van der Waals surface area contributed by atoms with Gasteiger partial charge in [-0.15, -0.1) is 0 Å². The number of amidine groups is 1. The van der Waals surface area contributed by atoms with E-state index < -0.39 is 0 Å². The Kier molecular flexibility index (Phi) is 4.13. The minimum Gasteiger partial charge on any atom is -0.331 e. The Hall–Kier alpha value is -1.05. The van der Waals surface area contributed by atoms with Crippen LogP contribution in [0.25, 0.3) is 0 Å². The van der Waals surface area contributed by atoms with Crippen LogP contribution < -0.4 is 0 Å². The Morgan fingerprint density at radius 2 is 2.07 bits per heavy atom. The lowest BCUT2D eigenvalue weighted by molar-refractivity contribution is 0.447. The van der Waals surface area contributed by atoms with E-state index in [0.29, 0.717) is 12.0 Å². The van der Waals surface area contributed by atoms with Crippen LogP contribution in [0, 0.1) is 5.92 Å². The van der Waals surface area contributed by atoms with Crippen molar-refractivity contribution in [3.05, 3.63) is 23.9 Å². The molecule has 0 aliphatic carbocycles. The number of hydrogen-bond donors (Lipinski definition) is 0. The van der Waals surface area contributed by atoms with Gasteiger partial charge in [-0.3, -0.25) is 4.99 Å². The summed E-state index contributed by atoms with van der Waals surface area (Å²) in [6.45, 7) is 11.6. The van der Waals surface area contributed by atoms with E-state index in [4.69, 9.17) is 4.99 Å². The molecule has 1 atom stereocenters. The van der Waals surface area contributed by atoms with Gasteiger partial charge >= 0.3 is 0 Å². The molecule has 0 spiro atoms. The van der Waals surface area contributed by atoms with Crippen LogP contribution in [-0.4, -0.2) is 23.3 Å². The molecule has 0 aromatic carbocycles. The summed E-state index contributed by atoms with van der Waals surface area (Å²) in [5.41, 5.74) is 1.28. The van der Waals surface area contributed by atoms with Crippen LogP contribution in [-0.2, 0) is 0 Å². The molecule has 2 aliphatic rings. The van der Waals surface area contributed by atoms with E-state index in [9.17, 15) is 0 Å². The largest absolute Gasteiger partial charge is 0.331 e. The average molecular weight is 206 g/mol. The van der Waals surface area contributed by atoms with Crippen molar-refractivity contribution in [3.63, 3.8) is 0 Å². The maximum Gasteiger partial charge on any atom is 0.130 e. The third-order valence-corrected chi connectivity index (χ3v) is 2.68. The van der Waals surface area contributed by atoms with Gasteiger partial charge in [-0.1, -0.05) is 33.8 Å². The molecule has 0 aromatic heterocycles. The molecule has 2 rings (SSSR count). The van der Waals surface area contributed by atoms with E-state index in [1.165, 1.54) is 11.4 Å². The molecule has 2 nitrogen and oxygen atoms in total. The first-order chi connectivity index (χ1) is 7.18. The number of nitrogens with zero attached hydrogens (tertiary/aromatic N) is 2. The fourth-order valence-corrected chi connectivity index (χ4v) is 1.75. The molecule has 0 fully saturated rings. The zero-order valence-electron chi connectivity index (χ0n) is 10.5. The molecule has 0 amide bonds. The number of fused-ring (bicyclic) bond motifs is 1. The fraction of sp³-hybridized carbons (Fsp3) is 0.615. The van der Waals surface area contributed by atoms with Crippen LogP contribution >= 0.6 is 0 Å². The van der Waals surface area contributed by atoms with E-state index in [1.807, 2.05) is 13.8 Å². The van der Waals surface area contributed by atoms with Gasteiger partial charge in [0.05, 0.1) is 6.04 Å². The molecule has 0 N–H and O–H groups in total. The summed E-state index contributed by atoms with van der Waals surface area (Å²) in [6.07, 6.45) is 6.34. The van der Waals surface area contributed by atoms with Gasteiger partial charge in [0.25, 0.3) is 0 Å². The third-order valence-electron chi connectivity index (χ3n) is 2.68. The molecule has 1 unspecified atom stereocenters. The maximum absolute atomic E-state index is 4.71. The lowest BCUT2D eigenvalue weighted by Crippen LogP contribution is -2.27. The second kappa shape index (κ2) is 5.15. The zero-order chi connectivity index (χ0) is 11.4. The number of rotatable bonds is 1. The Morgan fingerprint density at radius 1 is 1.40 bits per heavy atom. The van der Waals surface area contributed by atoms with Crippen molar-refractivity contribution in [3.8, 4) is 0 Å². The topological polar surface area (TPSA) is 15.6 Å². The van der Waals surface area contributed by atoms with Crippen molar-refractivity contribution in [2.45, 2.75) is 40.7 Å². The first-order valence-corrected chi connectivity index (χ1v) is 5.88. The van der Waals surface area contributed by atoms with Gasteiger partial charge in [-0.05, 0) is 24.5 Å². The van der Waals surface area contributed by atoms with Crippen molar-refractivity contribution < 1.29 is 0 Å². The maximum atomic E-state index is 4.71. The quantitative estimate of drug-likeness (QED) is 0.643. The molecule has 84 valence electrons. The monoisotopic (exact) mass is 206 g/mol. The van der Waals surface area contributed by atoms with Crippen LogP contribution in [0.1, 0.15) is 34.6 Å². The number of hydrogen-bond acceptors (Lipinski definition) is 2. The molecular formula is C13H22N2. The first-order valence-electron chi connectivity index (χ1n) is 5.88. The minimum atomic E-state index is 0.473. The van der Waals surface area contributed by atoms with E-state index in [-0.39, 0.29) is 0 Å². The second-order valence-corrected chi connectivity index (χ2v) is 4.11. The molecule has 0 aromatic rings. The van der Waals surface area contributed by atoms with E-state index in [2.05, 4.69) is 44.0 Å². The van der Waals surface area contributed by atoms with Crippen molar-refractivity contribution in [2.75, 3.05) is 6.54 Å². The average Bonchev–Trinajstić information content (AvgIpc) is 2.66. The van der Waals surface area contributed by atoms with Gasteiger partial charge in [-0.2, -0.15) is 0 Å². The van der Waals surface area contributed by atoms with Crippen LogP contribution in [0.4, 0.5) is 0 Å². The van der Waals surface area contributed by atoms with Crippen molar-refractivity contribution >= 4 is 5.84 Å². The van der Waals surface area contributed by atoms with E-state index >= 15 is 0 Å². The number of aliphatic imine (C=N–C) groups is 1. The van der Waals surface area contributed by atoms with E-state index in [1.54, 1.807) is 0 Å². The highest BCUT2D eigenvalue weighted by Gasteiger charge is 2.27. The van der Waals surface area contributed by atoms with Crippen molar-refractivity contribution in [1.82, 2.24) is 4.90 Å². The van der Waals surface area contributed by atoms with Gasteiger partial charge in [0.1, 0.15) is 5.84 Å². The summed E-state index contributed by atoms with van der Waals surface area (Å²) in [7, 11) is 0. The molecule has 0 radical (unpaired) electrons. The van der Waals surface area contributed by atoms with Gasteiger partial charge in [-0.25, -0.2) is 0 Å². The number of allylic oxidation sites excluding steroid dienone is 2. The molecule has 2 aliphatic heterocycles. The van der Waals surface area contributed by atoms with Crippen LogP contribution in [0.2, 0.25) is 0 Å². The summed E-state index contributed by atoms with van der Waals surface area (Å²) >= 11 is 0. The van der Waals surface area contributed by atoms with E-state index in [0.717, 1.165) is 6.54 Å². The molecule has 0 saturated heterocycles. The summed E-state index contributed by atoms with van der Waals surface area (Å²) in [6, 6.07) is 0.473. The molecule has 2 heteroatoms. The predicted octanol–water partition coefficient (Wildman–Crippen LogP) is 3.22. The molecule has 0 bridgehead atoms. The standard InChI is InChI=1S/C11H16N2.C2H6/c1-8(2)10-7-13-6-4-5-9(3)11(13)12-10;1-2/h4-6,8,10H,7H2,1-3H3;1-2H3. The van der Waals surface area contributed by atoms with Crippen LogP contribution in [0.3, 0.4) is 0 Å². The Balaban J connectivity index is 0.000000531. The lowest BCUT2D eigenvalue weighted by atomic mass is 10.1. The Morgan fingerprint density at radius 3 is 2.60 bits per heavy atom.